The zero-order valence-corrected chi connectivity index (χ0v) is 11.3. The van der Waals surface area contributed by atoms with Gasteiger partial charge in [0.15, 0.2) is 0 Å². The largest absolute Gasteiger partial charge is 0.469 e. The summed E-state index contributed by atoms with van der Waals surface area (Å²) in [4.78, 5) is 17.0. The number of hydrogen-bond donors (Lipinski definition) is 2. The first-order chi connectivity index (χ1) is 5.99. The van der Waals surface area contributed by atoms with Crippen molar-refractivity contribution in [3.63, 3.8) is 0 Å². The van der Waals surface area contributed by atoms with Gasteiger partial charge in [0.2, 0.25) is 0 Å². The molecule has 0 amide bonds. The molecule has 0 aromatic heterocycles. The smallest absolute Gasteiger partial charge is 0.303 e. The average Bonchev–Trinajstić information content (AvgIpc) is 2.03. The molecule has 0 fully saturated rings. The lowest BCUT2D eigenvalue weighted by atomic mass is 10.0. The Morgan fingerprint density at radius 2 is 1.93 bits per heavy atom. The highest BCUT2D eigenvalue weighted by molar-refractivity contribution is 7.46. The van der Waals surface area contributed by atoms with E-state index in [1.807, 2.05) is 6.92 Å². The molecule has 0 saturated carbocycles. The summed E-state index contributed by atoms with van der Waals surface area (Å²) in [5.41, 5.74) is 0. The Labute approximate surface area is 102 Å². The molecule has 0 aromatic carbocycles. The van der Waals surface area contributed by atoms with Gasteiger partial charge in [-0.3, -0.25) is 4.52 Å². The van der Waals surface area contributed by atoms with Crippen molar-refractivity contribution in [3.05, 3.63) is 0 Å². The Morgan fingerprint density at radius 3 is 2.29 bits per heavy atom. The van der Waals surface area contributed by atoms with Gasteiger partial charge in [-0.1, -0.05) is 33.1 Å². The molecule has 82 valence electrons. The van der Waals surface area contributed by atoms with Gasteiger partial charge < -0.3 is 9.79 Å². The van der Waals surface area contributed by atoms with E-state index in [0.717, 1.165) is 25.7 Å². The van der Waals surface area contributed by atoms with Crippen LogP contribution in [0, 0.1) is 5.92 Å². The number of phosphoric acid groups is 1. The van der Waals surface area contributed by atoms with Gasteiger partial charge in [-0.05, 0) is 12.3 Å². The van der Waals surface area contributed by atoms with Crippen LogP contribution in [0.2, 0.25) is 0 Å². The number of phosphoric ester groups is 1. The Kier molecular flexibility index (Phi) is 11.3. The number of unbranched alkanes of at least 4 members (excludes halogenated alkanes) is 1. The second-order valence-corrected chi connectivity index (χ2v) is 4.44. The van der Waals surface area contributed by atoms with Crippen LogP contribution < -0.4 is 0 Å². The molecule has 0 bridgehead atoms. The van der Waals surface area contributed by atoms with Crippen LogP contribution in [0.15, 0.2) is 0 Å². The van der Waals surface area contributed by atoms with E-state index < -0.39 is 7.82 Å². The molecule has 0 aliphatic rings. The second kappa shape index (κ2) is 9.13. The number of hydrogen-bond acceptors (Lipinski definition) is 2. The second-order valence-electron chi connectivity index (χ2n) is 3.20. The van der Waals surface area contributed by atoms with E-state index in [4.69, 9.17) is 9.79 Å². The molecule has 0 rings (SSSR count). The van der Waals surface area contributed by atoms with E-state index in [1.54, 1.807) is 0 Å². The van der Waals surface area contributed by atoms with Gasteiger partial charge in [0.1, 0.15) is 0 Å². The van der Waals surface area contributed by atoms with Crippen LogP contribution in [0.25, 0.3) is 0 Å². The molecule has 0 saturated heterocycles. The molecule has 2 N–H and O–H groups in total. The van der Waals surface area contributed by atoms with E-state index in [2.05, 4.69) is 11.4 Å². The molecule has 0 spiro atoms. The van der Waals surface area contributed by atoms with Gasteiger partial charge in [-0.2, -0.15) is 0 Å². The van der Waals surface area contributed by atoms with Crippen molar-refractivity contribution in [2.75, 3.05) is 6.61 Å². The normalized spacial score (nSPS) is 13.4. The number of rotatable bonds is 7. The molecule has 0 aromatic rings. The maximum atomic E-state index is 10.4. The molecule has 14 heavy (non-hydrogen) atoms. The van der Waals surface area contributed by atoms with Crippen molar-refractivity contribution in [1.29, 1.82) is 0 Å². The third-order valence-electron chi connectivity index (χ3n) is 2.02. The highest BCUT2D eigenvalue weighted by Crippen LogP contribution is 2.36. The third-order valence-corrected chi connectivity index (χ3v) is 2.51. The van der Waals surface area contributed by atoms with Crippen LogP contribution in [-0.4, -0.2) is 39.4 Å². The maximum Gasteiger partial charge on any atom is 0.469 e. The summed E-state index contributed by atoms with van der Waals surface area (Å²) in [7, 11) is -4.26. The van der Waals surface area contributed by atoms with E-state index >= 15 is 0 Å². The van der Waals surface area contributed by atoms with Crippen LogP contribution in [0.4, 0.5) is 0 Å². The van der Waals surface area contributed by atoms with E-state index in [9.17, 15) is 4.57 Å². The molecular weight excluding hydrogens is 215 g/mol. The molecular formula is C8H19MgO4P. The van der Waals surface area contributed by atoms with Crippen LogP contribution in [-0.2, 0) is 9.09 Å². The highest BCUT2D eigenvalue weighted by Gasteiger charge is 2.16. The Morgan fingerprint density at radius 1 is 1.36 bits per heavy atom. The SMILES string of the molecule is CCCCC(CC)COP(=O)(O)O.[Mg]. The van der Waals surface area contributed by atoms with E-state index in [-0.39, 0.29) is 35.6 Å². The minimum atomic E-state index is -4.26. The lowest BCUT2D eigenvalue weighted by molar-refractivity contribution is 0.161. The van der Waals surface area contributed by atoms with Gasteiger partial charge in [-0.15, -0.1) is 0 Å². The molecule has 0 aliphatic carbocycles. The predicted molar refractivity (Wildman–Crippen MR) is 57.1 cm³/mol. The zero-order valence-electron chi connectivity index (χ0n) is 8.98. The molecule has 2 radical (unpaired) electrons. The summed E-state index contributed by atoms with van der Waals surface area (Å²) in [6.07, 6.45) is 4.07. The average molecular weight is 235 g/mol. The van der Waals surface area contributed by atoms with Gasteiger partial charge in [0.05, 0.1) is 6.61 Å². The fraction of sp³-hybridized carbons (Fsp3) is 1.00. The summed E-state index contributed by atoms with van der Waals surface area (Å²) in [5.74, 6) is 0.271. The minimum Gasteiger partial charge on any atom is -0.303 e. The summed E-state index contributed by atoms with van der Waals surface area (Å²) in [6.45, 7) is 4.26. The topological polar surface area (TPSA) is 66.8 Å². The highest BCUT2D eigenvalue weighted by atomic mass is 31.2. The van der Waals surface area contributed by atoms with Crippen molar-refractivity contribution in [3.8, 4) is 0 Å². The zero-order chi connectivity index (χ0) is 10.3. The van der Waals surface area contributed by atoms with E-state index in [0.29, 0.717) is 0 Å². The molecule has 0 heterocycles. The first-order valence-corrected chi connectivity index (χ1v) is 6.22. The summed E-state index contributed by atoms with van der Waals surface area (Å²) < 4.78 is 14.8. The Hall–Kier alpha value is 0.876. The van der Waals surface area contributed by atoms with E-state index in [1.165, 1.54) is 0 Å². The lowest BCUT2D eigenvalue weighted by Gasteiger charge is -2.14. The first-order valence-electron chi connectivity index (χ1n) is 4.69. The van der Waals surface area contributed by atoms with Crippen molar-refractivity contribution >= 4 is 30.9 Å². The monoisotopic (exact) mass is 234 g/mol. The van der Waals surface area contributed by atoms with Crippen molar-refractivity contribution in [2.24, 2.45) is 5.92 Å². The molecule has 1 unspecified atom stereocenters. The lowest BCUT2D eigenvalue weighted by Crippen LogP contribution is -2.07. The summed E-state index contributed by atoms with van der Waals surface area (Å²) in [5, 5.41) is 0. The summed E-state index contributed by atoms with van der Waals surface area (Å²) in [6, 6.07) is 0. The molecule has 4 nitrogen and oxygen atoms in total. The summed E-state index contributed by atoms with van der Waals surface area (Å²) >= 11 is 0. The van der Waals surface area contributed by atoms with Crippen molar-refractivity contribution in [2.45, 2.75) is 39.5 Å². The van der Waals surface area contributed by atoms with Gasteiger partial charge >= 0.3 is 7.82 Å². The quantitative estimate of drug-likeness (QED) is 0.522. The first kappa shape index (κ1) is 17.3. The maximum absolute atomic E-state index is 10.4. The van der Waals surface area contributed by atoms with Gasteiger partial charge in [-0.25, -0.2) is 4.57 Å². The standard InChI is InChI=1S/C8H19O4P.Mg/c1-3-5-6-8(4-2)7-12-13(9,10)11;/h8H,3-7H2,1-2H3,(H2,9,10,11);. The molecule has 0 aliphatic heterocycles. The fourth-order valence-corrected chi connectivity index (χ4v) is 1.51. The fourth-order valence-electron chi connectivity index (χ4n) is 1.10. The van der Waals surface area contributed by atoms with Crippen LogP contribution in [0.3, 0.4) is 0 Å². The van der Waals surface area contributed by atoms with Crippen molar-refractivity contribution in [1.82, 2.24) is 0 Å². The van der Waals surface area contributed by atoms with Crippen LogP contribution in [0.5, 0.6) is 0 Å². The third kappa shape index (κ3) is 11.0. The van der Waals surface area contributed by atoms with Gasteiger partial charge in [0.25, 0.3) is 0 Å². The molecule has 1 atom stereocenters. The van der Waals surface area contributed by atoms with Crippen LogP contribution in [0.1, 0.15) is 39.5 Å². The van der Waals surface area contributed by atoms with Crippen LogP contribution >= 0.6 is 7.82 Å². The van der Waals surface area contributed by atoms with Gasteiger partial charge in [0, 0.05) is 23.1 Å². The van der Waals surface area contributed by atoms with Crippen molar-refractivity contribution < 1.29 is 18.9 Å². The predicted octanol–water partition coefficient (Wildman–Crippen LogP) is 1.93. The Bertz CT molecular complexity index is 171. The molecule has 6 heteroatoms. The Balaban J connectivity index is 0. The minimum absolute atomic E-state index is 0.